The van der Waals surface area contributed by atoms with Crippen molar-refractivity contribution in [3.63, 3.8) is 0 Å². The molecule has 3 N–H and O–H groups in total. The van der Waals surface area contributed by atoms with Gasteiger partial charge < -0.3 is 5.32 Å². The first-order chi connectivity index (χ1) is 14.7. The average Bonchev–Trinajstić information content (AvgIpc) is 3.09. The Bertz CT molecular complexity index is 1150. The molecule has 0 saturated carbocycles. The molecule has 0 radical (unpaired) electrons. The molecule has 1 amide bonds. The number of carbonyl (C=O) groups excluding carboxylic acids is 1. The molecular formula is C21H18Cl3N3O3S. The molecule has 4 rings (SSSR count). The number of nitrogens with zero attached hydrogens (tertiary/aromatic N) is 2. The highest BCUT2D eigenvalue weighted by molar-refractivity contribution is 8.25. The van der Waals surface area contributed by atoms with Crippen molar-refractivity contribution in [3.8, 4) is 11.3 Å². The molecule has 0 bridgehead atoms. The van der Waals surface area contributed by atoms with Crippen LogP contribution in [-0.2, 0) is 0 Å². The first-order valence-electron chi connectivity index (χ1n) is 9.30. The second-order valence-corrected chi connectivity index (χ2v) is 10.3. The maximum absolute atomic E-state index is 13.0. The van der Waals surface area contributed by atoms with Gasteiger partial charge in [0.25, 0.3) is 5.91 Å². The second-order valence-electron chi connectivity index (χ2n) is 6.98. The lowest BCUT2D eigenvalue weighted by molar-refractivity contribution is 0.102. The van der Waals surface area contributed by atoms with Gasteiger partial charge in [0.1, 0.15) is 0 Å². The molecule has 0 atom stereocenters. The first-order valence-corrected chi connectivity index (χ1v) is 12.1. The molecule has 2 heterocycles. The van der Waals surface area contributed by atoms with Crippen LogP contribution in [0.15, 0.2) is 54.7 Å². The van der Waals surface area contributed by atoms with E-state index in [1.807, 2.05) is 18.2 Å². The third-order valence-electron chi connectivity index (χ3n) is 4.79. The van der Waals surface area contributed by atoms with Gasteiger partial charge in [0, 0.05) is 29.0 Å². The predicted octanol–water partition coefficient (Wildman–Crippen LogP) is 6.84. The van der Waals surface area contributed by atoms with Gasteiger partial charge in [-0.15, -0.1) is 10.8 Å². The SMILES string of the molecule is O=C(Nc1cc(Cl)cc(-c2ccccn2)c1)c1cc(N2CCCS2(O)O)cc(Cl)c1Cl. The van der Waals surface area contributed by atoms with Crippen LogP contribution in [0.4, 0.5) is 11.4 Å². The zero-order valence-corrected chi connectivity index (χ0v) is 19.1. The molecule has 1 saturated heterocycles. The fourth-order valence-corrected chi connectivity index (χ4v) is 5.63. The van der Waals surface area contributed by atoms with Crippen molar-refractivity contribution in [2.24, 2.45) is 0 Å². The Kier molecular flexibility index (Phi) is 6.35. The third kappa shape index (κ3) is 4.77. The van der Waals surface area contributed by atoms with Crippen LogP contribution in [-0.4, -0.2) is 32.3 Å². The number of hydrogen-bond acceptors (Lipinski definition) is 5. The summed E-state index contributed by atoms with van der Waals surface area (Å²) in [6.45, 7) is 0.448. The van der Waals surface area contributed by atoms with Crippen molar-refractivity contribution in [2.75, 3.05) is 21.9 Å². The van der Waals surface area contributed by atoms with E-state index in [1.54, 1.807) is 24.4 Å². The molecule has 1 aliphatic rings. The Balaban J connectivity index is 1.66. The van der Waals surface area contributed by atoms with Crippen LogP contribution >= 0.6 is 45.6 Å². The van der Waals surface area contributed by atoms with E-state index < -0.39 is 16.7 Å². The molecule has 0 unspecified atom stereocenters. The zero-order chi connectivity index (χ0) is 22.2. The summed E-state index contributed by atoms with van der Waals surface area (Å²) in [4.78, 5) is 17.3. The highest BCUT2D eigenvalue weighted by Gasteiger charge is 2.30. The Hall–Kier alpha value is -2.00. The number of benzene rings is 2. The van der Waals surface area contributed by atoms with Crippen molar-refractivity contribution in [3.05, 3.63) is 75.4 Å². The molecular weight excluding hydrogens is 481 g/mol. The zero-order valence-electron chi connectivity index (χ0n) is 16.1. The topological polar surface area (TPSA) is 85.7 Å². The van der Waals surface area contributed by atoms with Crippen molar-refractivity contribution in [2.45, 2.75) is 6.42 Å². The highest BCUT2D eigenvalue weighted by Crippen LogP contribution is 2.52. The summed E-state index contributed by atoms with van der Waals surface area (Å²) < 4.78 is 22.0. The number of nitrogens with one attached hydrogen (secondary N) is 1. The number of anilines is 2. The van der Waals surface area contributed by atoms with Gasteiger partial charge in [0.2, 0.25) is 0 Å². The molecule has 1 aromatic heterocycles. The van der Waals surface area contributed by atoms with Crippen molar-refractivity contribution in [1.29, 1.82) is 0 Å². The van der Waals surface area contributed by atoms with Crippen LogP contribution in [0.5, 0.6) is 0 Å². The molecule has 1 aliphatic heterocycles. The lowest BCUT2D eigenvalue weighted by atomic mass is 10.1. The Morgan fingerprint density at radius 3 is 2.58 bits per heavy atom. The minimum absolute atomic E-state index is 0.0746. The summed E-state index contributed by atoms with van der Waals surface area (Å²) in [5.41, 5.74) is 2.46. The minimum Gasteiger partial charge on any atom is -0.322 e. The van der Waals surface area contributed by atoms with E-state index in [9.17, 15) is 13.9 Å². The molecule has 1 fully saturated rings. The molecule has 0 aliphatic carbocycles. The molecule has 2 aromatic carbocycles. The van der Waals surface area contributed by atoms with Gasteiger partial charge in [-0.05, 0) is 48.9 Å². The fraction of sp³-hybridized carbons (Fsp3) is 0.143. The molecule has 31 heavy (non-hydrogen) atoms. The summed E-state index contributed by atoms with van der Waals surface area (Å²) in [6, 6.07) is 13.7. The number of aromatic nitrogens is 1. The van der Waals surface area contributed by atoms with Crippen LogP contribution in [0.3, 0.4) is 0 Å². The molecule has 162 valence electrons. The van der Waals surface area contributed by atoms with Crippen LogP contribution in [0.1, 0.15) is 16.8 Å². The van der Waals surface area contributed by atoms with E-state index >= 15 is 0 Å². The second kappa shape index (κ2) is 8.86. The number of carbonyl (C=O) groups is 1. The summed E-state index contributed by atoms with van der Waals surface area (Å²) >= 11 is 18.8. The van der Waals surface area contributed by atoms with Gasteiger partial charge in [0.15, 0.2) is 0 Å². The summed E-state index contributed by atoms with van der Waals surface area (Å²) in [6.07, 6.45) is 2.30. The number of amides is 1. The van der Waals surface area contributed by atoms with Crippen molar-refractivity contribution in [1.82, 2.24) is 4.98 Å². The standard InChI is InChI=1S/C21H18Cl3N3O3S/c22-14-8-13(19-4-1-2-5-25-19)9-15(10-14)26-21(28)17-11-16(12-18(23)20(17)24)27-6-3-7-31(27,29)30/h1-2,4-5,8-12,29-30H,3,6-7H2,(H,26,28). The van der Waals surface area contributed by atoms with E-state index in [0.717, 1.165) is 5.56 Å². The van der Waals surface area contributed by atoms with E-state index in [0.29, 0.717) is 35.1 Å². The van der Waals surface area contributed by atoms with Gasteiger partial charge in [-0.3, -0.25) is 23.2 Å². The Labute approximate surface area is 196 Å². The monoisotopic (exact) mass is 497 g/mol. The normalized spacial score (nSPS) is 16.2. The van der Waals surface area contributed by atoms with Gasteiger partial charge in [-0.2, -0.15) is 0 Å². The van der Waals surface area contributed by atoms with Gasteiger partial charge in [-0.1, -0.05) is 40.9 Å². The van der Waals surface area contributed by atoms with E-state index in [-0.39, 0.29) is 21.4 Å². The van der Waals surface area contributed by atoms with Crippen LogP contribution < -0.4 is 9.62 Å². The third-order valence-corrected chi connectivity index (χ3v) is 7.75. The summed E-state index contributed by atoms with van der Waals surface area (Å²) in [7, 11) is -2.94. The maximum Gasteiger partial charge on any atom is 0.257 e. The Morgan fingerprint density at radius 2 is 1.90 bits per heavy atom. The Morgan fingerprint density at radius 1 is 1.10 bits per heavy atom. The van der Waals surface area contributed by atoms with Crippen LogP contribution in [0.2, 0.25) is 15.1 Å². The lowest BCUT2D eigenvalue weighted by Gasteiger charge is -2.38. The van der Waals surface area contributed by atoms with E-state index in [4.69, 9.17) is 34.8 Å². The number of halogens is 3. The largest absolute Gasteiger partial charge is 0.322 e. The van der Waals surface area contributed by atoms with Gasteiger partial charge in [-0.25, -0.2) is 0 Å². The predicted molar refractivity (Wildman–Crippen MR) is 129 cm³/mol. The van der Waals surface area contributed by atoms with Crippen LogP contribution in [0.25, 0.3) is 11.3 Å². The lowest BCUT2D eigenvalue weighted by Crippen LogP contribution is -2.22. The summed E-state index contributed by atoms with van der Waals surface area (Å²) in [5, 5.41) is 3.44. The number of pyridine rings is 1. The summed E-state index contributed by atoms with van der Waals surface area (Å²) in [5.74, 6) is -0.230. The molecule has 3 aromatic rings. The van der Waals surface area contributed by atoms with E-state index in [2.05, 4.69) is 10.3 Å². The first kappa shape index (κ1) is 22.2. The quantitative estimate of drug-likeness (QED) is 0.367. The minimum atomic E-state index is -2.94. The average molecular weight is 499 g/mol. The van der Waals surface area contributed by atoms with Gasteiger partial charge in [0.05, 0.1) is 32.7 Å². The number of rotatable bonds is 4. The smallest absolute Gasteiger partial charge is 0.257 e. The molecule has 10 heteroatoms. The van der Waals surface area contributed by atoms with Crippen molar-refractivity contribution < 1.29 is 13.9 Å². The maximum atomic E-state index is 13.0. The van der Waals surface area contributed by atoms with E-state index in [1.165, 1.54) is 16.4 Å². The fourth-order valence-electron chi connectivity index (χ4n) is 3.38. The van der Waals surface area contributed by atoms with Gasteiger partial charge >= 0.3 is 0 Å². The van der Waals surface area contributed by atoms with Crippen molar-refractivity contribution >= 4 is 62.9 Å². The molecule has 6 nitrogen and oxygen atoms in total. The number of hydrogen-bond donors (Lipinski definition) is 3. The highest BCUT2D eigenvalue weighted by atomic mass is 35.5. The molecule has 0 spiro atoms. The van der Waals surface area contributed by atoms with Crippen LogP contribution in [0, 0.1) is 0 Å².